The number of aryl methyl sites for hydroxylation is 1. The van der Waals surface area contributed by atoms with Crippen LogP contribution in [0.2, 0.25) is 0 Å². The third-order valence-electron chi connectivity index (χ3n) is 1.69. The standard InChI is InChI=1S/C10H13NO2/c12-11-9-13-8-4-7-10-5-2-1-3-6-10/h1-3,5-6,9,12H,4,7-8H2. The van der Waals surface area contributed by atoms with Gasteiger partial charge in [0, 0.05) is 0 Å². The largest absolute Gasteiger partial charge is 0.481 e. The predicted molar refractivity (Wildman–Crippen MR) is 51.0 cm³/mol. The molecule has 1 rings (SSSR count). The molecule has 0 bridgehead atoms. The SMILES string of the molecule is ON=COCCCc1ccccc1. The van der Waals surface area contributed by atoms with Crippen LogP contribution in [0.5, 0.6) is 0 Å². The molecule has 0 spiro atoms. The van der Waals surface area contributed by atoms with Crippen molar-refractivity contribution < 1.29 is 9.94 Å². The van der Waals surface area contributed by atoms with Crippen LogP contribution in [-0.2, 0) is 11.2 Å². The number of oxime groups is 1. The molecular weight excluding hydrogens is 166 g/mol. The number of rotatable bonds is 5. The molecule has 0 aliphatic heterocycles. The molecule has 0 saturated heterocycles. The highest BCUT2D eigenvalue weighted by Crippen LogP contribution is 2.01. The van der Waals surface area contributed by atoms with Crippen LogP contribution in [0, 0.1) is 0 Å². The summed E-state index contributed by atoms with van der Waals surface area (Å²) in [5.41, 5.74) is 1.30. The maximum atomic E-state index is 8.03. The van der Waals surface area contributed by atoms with Gasteiger partial charge in [-0.05, 0) is 18.4 Å². The van der Waals surface area contributed by atoms with Crippen LogP contribution in [0.4, 0.5) is 0 Å². The van der Waals surface area contributed by atoms with E-state index in [9.17, 15) is 0 Å². The van der Waals surface area contributed by atoms with Gasteiger partial charge in [0.05, 0.1) is 6.61 Å². The fourth-order valence-electron chi connectivity index (χ4n) is 1.09. The smallest absolute Gasteiger partial charge is 0.212 e. The van der Waals surface area contributed by atoms with Gasteiger partial charge < -0.3 is 9.94 Å². The van der Waals surface area contributed by atoms with E-state index in [1.807, 2.05) is 18.2 Å². The molecule has 0 aliphatic rings. The van der Waals surface area contributed by atoms with Crippen LogP contribution in [0.25, 0.3) is 0 Å². The monoisotopic (exact) mass is 179 g/mol. The Morgan fingerprint density at radius 1 is 1.31 bits per heavy atom. The summed E-state index contributed by atoms with van der Waals surface area (Å²) in [5.74, 6) is 0. The van der Waals surface area contributed by atoms with Crippen molar-refractivity contribution in [2.45, 2.75) is 12.8 Å². The van der Waals surface area contributed by atoms with Gasteiger partial charge in [0.1, 0.15) is 0 Å². The van der Waals surface area contributed by atoms with Gasteiger partial charge in [0.25, 0.3) is 0 Å². The van der Waals surface area contributed by atoms with Crippen LogP contribution in [-0.4, -0.2) is 18.2 Å². The highest BCUT2D eigenvalue weighted by Gasteiger charge is 1.90. The minimum atomic E-state index is 0.582. The van der Waals surface area contributed by atoms with Crippen molar-refractivity contribution in [3.05, 3.63) is 35.9 Å². The van der Waals surface area contributed by atoms with Crippen LogP contribution in [0.3, 0.4) is 0 Å². The van der Waals surface area contributed by atoms with Gasteiger partial charge in [-0.25, -0.2) is 0 Å². The van der Waals surface area contributed by atoms with Crippen molar-refractivity contribution in [3.8, 4) is 0 Å². The molecule has 3 nitrogen and oxygen atoms in total. The Labute approximate surface area is 77.6 Å². The Morgan fingerprint density at radius 2 is 2.08 bits per heavy atom. The molecule has 0 amide bonds. The Bertz CT molecular complexity index is 246. The van der Waals surface area contributed by atoms with Crippen molar-refractivity contribution >= 4 is 6.40 Å². The highest BCUT2D eigenvalue weighted by molar-refractivity contribution is 5.44. The lowest BCUT2D eigenvalue weighted by molar-refractivity contribution is 0.265. The molecule has 1 N–H and O–H groups in total. The first-order valence-corrected chi connectivity index (χ1v) is 4.25. The third kappa shape index (κ3) is 4.15. The fourth-order valence-corrected chi connectivity index (χ4v) is 1.09. The molecule has 0 unspecified atom stereocenters. The summed E-state index contributed by atoms with van der Waals surface area (Å²) >= 11 is 0. The van der Waals surface area contributed by atoms with Crippen LogP contribution in [0.1, 0.15) is 12.0 Å². The highest BCUT2D eigenvalue weighted by atomic mass is 16.5. The van der Waals surface area contributed by atoms with Crippen molar-refractivity contribution in [1.82, 2.24) is 0 Å². The van der Waals surface area contributed by atoms with Gasteiger partial charge in [-0.1, -0.05) is 35.5 Å². The number of benzene rings is 1. The van der Waals surface area contributed by atoms with E-state index in [0.29, 0.717) is 6.61 Å². The van der Waals surface area contributed by atoms with Crippen molar-refractivity contribution in [2.24, 2.45) is 5.16 Å². The second-order valence-electron chi connectivity index (χ2n) is 2.68. The zero-order valence-corrected chi connectivity index (χ0v) is 7.39. The molecule has 0 fully saturated rings. The van der Waals surface area contributed by atoms with E-state index in [2.05, 4.69) is 17.3 Å². The summed E-state index contributed by atoms with van der Waals surface area (Å²) in [5, 5.41) is 10.8. The number of hydrogen-bond acceptors (Lipinski definition) is 3. The summed E-state index contributed by atoms with van der Waals surface area (Å²) in [6, 6.07) is 10.2. The molecule has 13 heavy (non-hydrogen) atoms. The normalized spacial score (nSPS) is 10.5. The van der Waals surface area contributed by atoms with Crippen molar-refractivity contribution in [1.29, 1.82) is 0 Å². The van der Waals surface area contributed by atoms with E-state index in [4.69, 9.17) is 9.94 Å². The van der Waals surface area contributed by atoms with Gasteiger partial charge in [0.2, 0.25) is 6.40 Å². The van der Waals surface area contributed by atoms with E-state index < -0.39 is 0 Å². The first-order chi connectivity index (χ1) is 6.43. The van der Waals surface area contributed by atoms with E-state index in [1.54, 1.807) is 0 Å². The van der Waals surface area contributed by atoms with Gasteiger partial charge in [-0.2, -0.15) is 0 Å². The zero-order chi connectivity index (χ0) is 9.36. The molecule has 0 aromatic heterocycles. The molecule has 70 valence electrons. The van der Waals surface area contributed by atoms with Gasteiger partial charge in [0.15, 0.2) is 0 Å². The van der Waals surface area contributed by atoms with Crippen LogP contribution in [0.15, 0.2) is 35.5 Å². The first-order valence-electron chi connectivity index (χ1n) is 4.25. The van der Waals surface area contributed by atoms with Crippen LogP contribution >= 0.6 is 0 Å². The van der Waals surface area contributed by atoms with E-state index in [-0.39, 0.29) is 0 Å². The quantitative estimate of drug-likeness (QED) is 0.247. The Hall–Kier alpha value is -1.51. The zero-order valence-electron chi connectivity index (χ0n) is 7.39. The fraction of sp³-hybridized carbons (Fsp3) is 0.300. The third-order valence-corrected chi connectivity index (χ3v) is 1.69. The first kappa shape index (κ1) is 9.58. The summed E-state index contributed by atoms with van der Waals surface area (Å²) in [6.07, 6.45) is 2.96. The summed E-state index contributed by atoms with van der Waals surface area (Å²) in [7, 11) is 0. The average molecular weight is 179 g/mol. The molecule has 1 aromatic rings. The summed E-state index contributed by atoms with van der Waals surface area (Å²) in [6.45, 7) is 0.582. The second-order valence-corrected chi connectivity index (χ2v) is 2.68. The molecule has 0 atom stereocenters. The molecule has 0 aliphatic carbocycles. The van der Waals surface area contributed by atoms with E-state index in [1.165, 1.54) is 5.56 Å². The van der Waals surface area contributed by atoms with Crippen molar-refractivity contribution in [3.63, 3.8) is 0 Å². The number of hydrogen-bond donors (Lipinski definition) is 1. The molecule has 1 aromatic carbocycles. The molecule has 0 radical (unpaired) electrons. The topological polar surface area (TPSA) is 41.8 Å². The number of ether oxygens (including phenoxy) is 1. The van der Waals surface area contributed by atoms with Crippen LogP contribution < -0.4 is 0 Å². The van der Waals surface area contributed by atoms with Gasteiger partial charge in [-0.3, -0.25) is 0 Å². The van der Waals surface area contributed by atoms with Gasteiger partial charge in [-0.15, -0.1) is 0 Å². The summed E-state index contributed by atoms with van der Waals surface area (Å²) in [4.78, 5) is 0. The Balaban J connectivity index is 2.13. The maximum absolute atomic E-state index is 8.03. The Morgan fingerprint density at radius 3 is 2.77 bits per heavy atom. The number of nitrogens with zero attached hydrogens (tertiary/aromatic N) is 1. The lowest BCUT2D eigenvalue weighted by Gasteiger charge is -2.00. The van der Waals surface area contributed by atoms with Gasteiger partial charge >= 0.3 is 0 Å². The van der Waals surface area contributed by atoms with E-state index in [0.717, 1.165) is 19.2 Å². The Kier molecular flexibility index (Phi) is 4.46. The van der Waals surface area contributed by atoms with Crippen molar-refractivity contribution in [2.75, 3.05) is 6.61 Å². The summed E-state index contributed by atoms with van der Waals surface area (Å²) < 4.78 is 4.86. The molecule has 0 heterocycles. The molecular formula is C10H13NO2. The predicted octanol–water partition coefficient (Wildman–Crippen LogP) is 2.05. The minimum Gasteiger partial charge on any atom is -0.481 e. The molecule has 3 heteroatoms. The molecule has 0 saturated carbocycles. The lowest BCUT2D eigenvalue weighted by atomic mass is 10.1. The average Bonchev–Trinajstić information content (AvgIpc) is 2.19. The maximum Gasteiger partial charge on any atom is 0.212 e. The van der Waals surface area contributed by atoms with E-state index >= 15 is 0 Å². The second kappa shape index (κ2) is 6.06. The lowest BCUT2D eigenvalue weighted by Crippen LogP contribution is -1.94. The minimum absolute atomic E-state index is 0.582.